The summed E-state index contributed by atoms with van der Waals surface area (Å²) >= 11 is 1.27. The molecule has 7 heterocycles. The number of carbonyl (C=O) groups excluding carboxylic acids is 5. The summed E-state index contributed by atoms with van der Waals surface area (Å²) in [5, 5.41) is 10.3. The van der Waals surface area contributed by atoms with E-state index in [-0.39, 0.29) is 47.6 Å². The van der Waals surface area contributed by atoms with Gasteiger partial charge in [0.25, 0.3) is 11.8 Å². The molecule has 3 saturated heterocycles. The molecule has 2 atom stereocenters. The van der Waals surface area contributed by atoms with Crippen LogP contribution in [0.1, 0.15) is 76.9 Å². The zero-order valence-corrected chi connectivity index (χ0v) is 36.4. The minimum absolute atomic E-state index is 0.0246. The van der Waals surface area contributed by atoms with Crippen molar-refractivity contribution >= 4 is 57.4 Å². The molecule has 18 heteroatoms. The summed E-state index contributed by atoms with van der Waals surface area (Å²) in [5.41, 5.74) is 5.26. The third kappa shape index (κ3) is 8.59. The van der Waals surface area contributed by atoms with Crippen molar-refractivity contribution in [2.45, 2.75) is 69.6 Å². The molecule has 0 spiro atoms. The summed E-state index contributed by atoms with van der Waals surface area (Å²) in [4.78, 5) is 81.4. The average Bonchev–Trinajstić information content (AvgIpc) is 4.13. The highest BCUT2D eigenvalue weighted by Crippen LogP contribution is 2.38. The van der Waals surface area contributed by atoms with Crippen LogP contribution in [0.3, 0.4) is 0 Å². The quantitative estimate of drug-likeness (QED) is 0.148. The summed E-state index contributed by atoms with van der Waals surface area (Å²) < 4.78 is 33.2. The van der Waals surface area contributed by atoms with Gasteiger partial charge in [0, 0.05) is 78.9 Å². The Bertz CT molecular complexity index is 2660. The number of imide groups is 1. The highest BCUT2D eigenvalue weighted by Gasteiger charge is 2.42. The van der Waals surface area contributed by atoms with Crippen LogP contribution in [0.4, 0.5) is 25.3 Å². The van der Waals surface area contributed by atoms with Crippen molar-refractivity contribution in [3.63, 3.8) is 0 Å². The van der Waals surface area contributed by atoms with E-state index in [1.807, 2.05) is 33.7 Å². The second-order valence-corrected chi connectivity index (χ2v) is 18.3. The van der Waals surface area contributed by atoms with Crippen LogP contribution in [0, 0.1) is 11.6 Å². The van der Waals surface area contributed by atoms with Gasteiger partial charge in [0.2, 0.25) is 17.7 Å². The van der Waals surface area contributed by atoms with E-state index in [0.29, 0.717) is 79.9 Å². The van der Waals surface area contributed by atoms with E-state index in [0.717, 1.165) is 49.2 Å². The first-order valence-corrected chi connectivity index (χ1v) is 23.1. The number of hydrogen-bond acceptors (Lipinski definition) is 11. The Hall–Kier alpha value is -6.53. The molecule has 0 aliphatic carbocycles. The lowest BCUT2D eigenvalue weighted by atomic mass is 9.89. The fourth-order valence-electron chi connectivity index (χ4n) is 9.92. The molecule has 5 aliphatic rings. The van der Waals surface area contributed by atoms with E-state index >= 15 is 8.78 Å². The van der Waals surface area contributed by atoms with Crippen LogP contribution >= 0.6 is 11.3 Å². The van der Waals surface area contributed by atoms with Gasteiger partial charge in [-0.15, -0.1) is 11.3 Å². The molecule has 5 aliphatic heterocycles. The van der Waals surface area contributed by atoms with Gasteiger partial charge in [0.1, 0.15) is 17.7 Å². The maximum Gasteiger partial charge on any atom is 0.255 e. The van der Waals surface area contributed by atoms with Crippen LogP contribution < -0.4 is 20.9 Å². The number of nitrogens with zero attached hydrogens (tertiary/aromatic N) is 7. The zero-order valence-electron chi connectivity index (χ0n) is 35.6. The number of imidazole rings is 1. The molecule has 0 bridgehead atoms. The number of fused-ring (bicyclic) bond motifs is 2. The lowest BCUT2D eigenvalue weighted by Crippen LogP contribution is -2.51. The highest BCUT2D eigenvalue weighted by molar-refractivity contribution is 7.13. The Morgan fingerprint density at radius 1 is 0.862 bits per heavy atom. The Kier molecular flexibility index (Phi) is 11.6. The largest absolute Gasteiger partial charge is 0.374 e. The van der Waals surface area contributed by atoms with Gasteiger partial charge in [-0.1, -0.05) is 18.2 Å². The van der Waals surface area contributed by atoms with Gasteiger partial charge in [-0.3, -0.25) is 39.5 Å². The summed E-state index contributed by atoms with van der Waals surface area (Å²) in [7, 11) is 0. The number of hydrogen-bond donors (Lipinski definition) is 3. The zero-order chi connectivity index (χ0) is 44.8. The minimum Gasteiger partial charge on any atom is -0.374 e. The molecule has 0 saturated carbocycles. The first-order valence-electron chi connectivity index (χ1n) is 22.2. The maximum atomic E-state index is 15.9. The van der Waals surface area contributed by atoms with Gasteiger partial charge in [-0.05, 0) is 104 Å². The van der Waals surface area contributed by atoms with E-state index in [2.05, 4.69) is 35.7 Å². The number of piperidine rings is 2. The molecule has 3 N–H and O–H groups in total. The van der Waals surface area contributed by atoms with Crippen LogP contribution in [0.5, 0.6) is 0 Å². The molecule has 15 nitrogen and oxygen atoms in total. The van der Waals surface area contributed by atoms with E-state index in [4.69, 9.17) is 0 Å². The van der Waals surface area contributed by atoms with Gasteiger partial charge >= 0.3 is 0 Å². The lowest BCUT2D eigenvalue weighted by molar-refractivity contribution is -0.134. The summed E-state index contributed by atoms with van der Waals surface area (Å²) in [5.74, 6) is -2.34. The second-order valence-electron chi connectivity index (χ2n) is 17.4. The number of carbonyl (C=O) groups is 5. The number of anilines is 3. The Balaban J connectivity index is 0.725. The van der Waals surface area contributed by atoms with Gasteiger partial charge in [-0.25, -0.2) is 18.7 Å². The third-order valence-corrected chi connectivity index (χ3v) is 14.1. The summed E-state index contributed by atoms with van der Waals surface area (Å²) in [6.45, 7) is 4.82. The molecule has 65 heavy (non-hydrogen) atoms. The number of halogens is 2. The molecule has 3 aromatic carbocycles. The number of amides is 5. The molecule has 2 aromatic heterocycles. The number of likely N-dealkylation sites (tertiary alicyclic amines) is 1. The third-order valence-electron chi connectivity index (χ3n) is 13.5. The molecule has 0 radical (unpaired) electrons. The smallest absolute Gasteiger partial charge is 0.255 e. The molecule has 336 valence electrons. The standard InChI is InChI=1S/C47H48F2N10O5S/c48-36-23-30(22-34-35(36)25-59(46(34)64)43(45(63)54-47-50-13-21-65-47)42-39-2-1-14-58(39)27-51-42)28-3-6-32(7-4-28)56-17-19-57(20-18-56)41(61)26-55-15-11-29(12-16-55)33-8-5-31(24-37(33)49)52-38-9-10-40(60)53-44(38)62/h3-8,13,21-24,27,29,38,43,52H,1-2,9-12,14-20,25-26H2,(H,50,54,63)(H,53,60,62). The molecular formula is C47H48F2N10O5S. The Morgan fingerprint density at radius 3 is 2.40 bits per heavy atom. The van der Waals surface area contributed by atoms with E-state index < -0.39 is 35.6 Å². The van der Waals surface area contributed by atoms with Crippen molar-refractivity contribution in [1.82, 2.24) is 34.6 Å². The van der Waals surface area contributed by atoms with Crippen molar-refractivity contribution in [3.8, 4) is 11.1 Å². The molecule has 2 unspecified atom stereocenters. The minimum atomic E-state index is -1.06. The lowest BCUT2D eigenvalue weighted by Gasteiger charge is -2.38. The molecule has 3 fully saturated rings. The SMILES string of the molecule is O=C1CCC(Nc2ccc(C3CCN(CC(=O)N4CCN(c5ccc(-c6cc(F)c7c(c6)C(=O)N(C(C(=O)Nc6nccs6)c6ncn8c6CCC8)C7)cc5)CC4)CC3)c(F)c2)C(=O)N1. The van der Waals surface area contributed by atoms with Crippen molar-refractivity contribution in [2.24, 2.45) is 0 Å². The fourth-order valence-corrected chi connectivity index (χ4v) is 10.4. The average molecular weight is 903 g/mol. The number of aryl methyl sites for hydroxylation is 1. The molecule has 10 rings (SSSR count). The molecule has 5 amide bonds. The van der Waals surface area contributed by atoms with Gasteiger partial charge in [0.05, 0.1) is 25.1 Å². The van der Waals surface area contributed by atoms with Crippen molar-refractivity contribution < 1.29 is 32.8 Å². The monoisotopic (exact) mass is 902 g/mol. The van der Waals surface area contributed by atoms with Crippen LogP contribution in [-0.4, -0.2) is 111 Å². The van der Waals surface area contributed by atoms with E-state index in [9.17, 15) is 24.0 Å². The predicted octanol–water partition coefficient (Wildman–Crippen LogP) is 5.31. The van der Waals surface area contributed by atoms with E-state index in [1.165, 1.54) is 28.4 Å². The first-order chi connectivity index (χ1) is 31.6. The van der Waals surface area contributed by atoms with Crippen molar-refractivity contribution in [2.75, 3.05) is 61.3 Å². The van der Waals surface area contributed by atoms with Gasteiger partial charge in [-0.2, -0.15) is 0 Å². The number of thiazole rings is 1. The van der Waals surface area contributed by atoms with Crippen LogP contribution in [0.2, 0.25) is 0 Å². The number of benzene rings is 3. The van der Waals surface area contributed by atoms with Gasteiger partial charge in [0.15, 0.2) is 11.2 Å². The maximum absolute atomic E-state index is 15.9. The molecular weight excluding hydrogens is 855 g/mol. The van der Waals surface area contributed by atoms with Crippen molar-refractivity contribution in [3.05, 3.63) is 112 Å². The fraction of sp³-hybridized carbons (Fsp3) is 0.383. The Morgan fingerprint density at radius 2 is 1.66 bits per heavy atom. The number of rotatable bonds is 11. The van der Waals surface area contributed by atoms with Gasteiger partial charge < -0.3 is 24.6 Å². The normalized spacial score (nSPS) is 19.6. The Labute approximate surface area is 377 Å². The second kappa shape index (κ2) is 17.8. The number of piperazine rings is 1. The van der Waals surface area contributed by atoms with E-state index in [1.54, 1.807) is 36.1 Å². The van der Waals surface area contributed by atoms with Crippen LogP contribution in [0.15, 0.2) is 72.5 Å². The van der Waals surface area contributed by atoms with Crippen LogP contribution in [-0.2, 0) is 38.7 Å². The van der Waals surface area contributed by atoms with Crippen molar-refractivity contribution in [1.29, 1.82) is 0 Å². The molecule has 5 aromatic rings. The van der Waals surface area contributed by atoms with Crippen LogP contribution in [0.25, 0.3) is 11.1 Å². The topological polar surface area (TPSA) is 165 Å². The number of nitrogens with one attached hydrogen (secondary N) is 3. The summed E-state index contributed by atoms with van der Waals surface area (Å²) in [6.07, 6.45) is 6.98. The highest BCUT2D eigenvalue weighted by atomic mass is 32.1. The predicted molar refractivity (Wildman–Crippen MR) is 239 cm³/mol. The first kappa shape index (κ1) is 42.4. The summed E-state index contributed by atoms with van der Waals surface area (Å²) in [6, 6.07) is 14.2. The number of aromatic nitrogens is 3.